The number of hydrogen-bond acceptors (Lipinski definition) is 2. The molecule has 0 radical (unpaired) electrons. The van der Waals surface area contributed by atoms with E-state index in [2.05, 4.69) is 0 Å². The molecule has 0 unspecified atom stereocenters. The smallest absolute Gasteiger partial charge is 0.231 e. The van der Waals surface area contributed by atoms with E-state index in [1.54, 1.807) is 0 Å². The average Bonchev–Trinajstić information content (AvgIpc) is 3.11. The number of rotatable bonds is 0. The number of hydrogen-bond donors (Lipinski definition) is 0. The summed E-state index contributed by atoms with van der Waals surface area (Å²) in [5, 5.41) is 0. The van der Waals surface area contributed by atoms with Gasteiger partial charge >= 0.3 is 0 Å². The van der Waals surface area contributed by atoms with Gasteiger partial charge in [-0.3, -0.25) is 0 Å². The first-order valence-corrected chi connectivity index (χ1v) is 7.81. The first kappa shape index (κ1) is 25.0. The zero-order valence-corrected chi connectivity index (χ0v) is 14.3. The van der Waals surface area contributed by atoms with Crippen LogP contribution in [0.15, 0.2) is 60.7 Å². The Bertz CT molecular complexity index is 350. The Balaban J connectivity index is -0.000000246. The maximum absolute atomic E-state index is 5.08. The van der Waals surface area contributed by atoms with Crippen LogP contribution in [0.3, 0.4) is 0 Å². The van der Waals surface area contributed by atoms with Gasteiger partial charge in [0, 0.05) is 0 Å². The highest BCUT2D eigenvalue weighted by Crippen LogP contribution is 2.30. The Hall–Kier alpha value is -1.96. The van der Waals surface area contributed by atoms with Crippen LogP contribution in [0.25, 0.3) is 0 Å². The van der Waals surface area contributed by atoms with Crippen molar-refractivity contribution in [2.75, 3.05) is 6.79 Å². The normalized spacial score (nSPS) is 8.64. The third kappa shape index (κ3) is 11.8. The molecule has 2 aromatic carbocycles. The van der Waals surface area contributed by atoms with Crippen LogP contribution in [0.5, 0.6) is 11.5 Å². The van der Waals surface area contributed by atoms with E-state index >= 15 is 0 Å². The maximum atomic E-state index is 5.08. The lowest BCUT2D eigenvalue weighted by molar-refractivity contribution is 0.174. The van der Waals surface area contributed by atoms with Gasteiger partial charge in [-0.25, -0.2) is 0 Å². The summed E-state index contributed by atoms with van der Waals surface area (Å²) in [7, 11) is 0. The standard InChI is InChI=1S/C7H6O2.C6H6.3C2H6.CH4/c1-2-4-7-6(3-1)8-5-9-7;1-2-4-6-5-3-1;3*1-2;/h1-4H,5H2;1-6H;3*1-2H3;1H4. The van der Waals surface area contributed by atoms with Gasteiger partial charge in [-0.15, -0.1) is 0 Å². The zero-order valence-electron chi connectivity index (χ0n) is 14.3. The Kier molecular flexibility index (Phi) is 24.3. The number of ether oxygens (including phenoxy) is 2. The minimum absolute atomic E-state index is 0. The van der Waals surface area contributed by atoms with Crippen molar-refractivity contribution in [3.05, 3.63) is 60.7 Å². The van der Waals surface area contributed by atoms with Gasteiger partial charge in [-0.2, -0.15) is 0 Å². The topological polar surface area (TPSA) is 18.5 Å². The first-order valence-electron chi connectivity index (χ1n) is 7.81. The molecule has 0 amide bonds. The van der Waals surface area contributed by atoms with E-state index in [1.807, 2.05) is 102 Å². The monoisotopic (exact) mass is 306 g/mol. The summed E-state index contributed by atoms with van der Waals surface area (Å²) in [4.78, 5) is 0. The van der Waals surface area contributed by atoms with E-state index in [9.17, 15) is 0 Å². The van der Waals surface area contributed by atoms with Crippen LogP contribution in [0.4, 0.5) is 0 Å². The fourth-order valence-corrected chi connectivity index (χ4v) is 1.23. The Morgan fingerprint density at radius 1 is 0.545 bits per heavy atom. The third-order valence-electron chi connectivity index (χ3n) is 1.94. The van der Waals surface area contributed by atoms with Gasteiger partial charge in [-0.1, -0.05) is 97.5 Å². The lowest BCUT2D eigenvalue weighted by Crippen LogP contribution is -1.92. The Morgan fingerprint density at radius 2 is 0.818 bits per heavy atom. The molecule has 2 nitrogen and oxygen atoms in total. The largest absolute Gasteiger partial charge is 0.454 e. The quantitative estimate of drug-likeness (QED) is 0.532. The fraction of sp³-hybridized carbons (Fsp3) is 0.400. The van der Waals surface area contributed by atoms with Gasteiger partial charge in [0.15, 0.2) is 11.5 Å². The van der Waals surface area contributed by atoms with Crippen molar-refractivity contribution in [1.82, 2.24) is 0 Å². The van der Waals surface area contributed by atoms with Crippen molar-refractivity contribution >= 4 is 0 Å². The Morgan fingerprint density at radius 3 is 1.09 bits per heavy atom. The molecule has 0 atom stereocenters. The Labute approximate surface area is 138 Å². The molecule has 0 N–H and O–H groups in total. The second-order valence-corrected chi connectivity index (χ2v) is 3.01. The summed E-state index contributed by atoms with van der Waals surface area (Å²) >= 11 is 0. The summed E-state index contributed by atoms with van der Waals surface area (Å²) in [5.41, 5.74) is 0. The molecule has 1 aliphatic rings. The highest BCUT2D eigenvalue weighted by molar-refractivity contribution is 5.40. The summed E-state index contributed by atoms with van der Waals surface area (Å²) < 4.78 is 10.2. The van der Waals surface area contributed by atoms with E-state index in [4.69, 9.17) is 9.47 Å². The molecule has 0 aromatic heterocycles. The predicted octanol–water partition coefficient (Wildman–Crippen LogP) is 6.82. The molecular weight excluding hydrogens is 272 g/mol. The molecule has 126 valence electrons. The molecule has 1 heterocycles. The number of benzene rings is 2. The third-order valence-corrected chi connectivity index (χ3v) is 1.94. The van der Waals surface area contributed by atoms with Gasteiger partial charge in [0.2, 0.25) is 6.79 Å². The molecular formula is C20H34O2. The van der Waals surface area contributed by atoms with Crippen LogP contribution in [0.1, 0.15) is 49.0 Å². The molecule has 1 aliphatic heterocycles. The summed E-state index contributed by atoms with van der Waals surface area (Å²) in [6.07, 6.45) is 0. The van der Waals surface area contributed by atoms with E-state index in [-0.39, 0.29) is 7.43 Å². The summed E-state index contributed by atoms with van der Waals surface area (Å²) in [6.45, 7) is 12.4. The molecule has 22 heavy (non-hydrogen) atoms. The molecule has 0 spiro atoms. The van der Waals surface area contributed by atoms with E-state index in [0.29, 0.717) is 6.79 Å². The second-order valence-electron chi connectivity index (χ2n) is 3.01. The van der Waals surface area contributed by atoms with Gasteiger partial charge < -0.3 is 9.47 Å². The van der Waals surface area contributed by atoms with Gasteiger partial charge in [0.25, 0.3) is 0 Å². The highest BCUT2D eigenvalue weighted by atomic mass is 16.7. The van der Waals surface area contributed by atoms with Crippen molar-refractivity contribution in [2.45, 2.75) is 49.0 Å². The fourth-order valence-electron chi connectivity index (χ4n) is 1.23. The lowest BCUT2D eigenvalue weighted by atomic mass is 10.3. The summed E-state index contributed by atoms with van der Waals surface area (Å²) in [6, 6.07) is 19.6. The molecule has 0 fully saturated rings. The molecule has 0 saturated heterocycles. The van der Waals surface area contributed by atoms with Crippen molar-refractivity contribution in [3.8, 4) is 11.5 Å². The van der Waals surface area contributed by atoms with Crippen LogP contribution < -0.4 is 9.47 Å². The van der Waals surface area contributed by atoms with Gasteiger partial charge in [0.05, 0.1) is 0 Å². The van der Waals surface area contributed by atoms with E-state index in [0.717, 1.165) is 11.5 Å². The molecule has 0 saturated carbocycles. The van der Waals surface area contributed by atoms with Crippen molar-refractivity contribution < 1.29 is 9.47 Å². The van der Waals surface area contributed by atoms with E-state index < -0.39 is 0 Å². The first-order chi connectivity index (χ1) is 10.5. The molecule has 2 heteroatoms. The molecule has 0 bridgehead atoms. The second kappa shape index (κ2) is 21.3. The van der Waals surface area contributed by atoms with Gasteiger partial charge in [0.1, 0.15) is 0 Å². The lowest BCUT2D eigenvalue weighted by Gasteiger charge is -1.89. The molecule has 2 aromatic rings. The predicted molar refractivity (Wildman–Crippen MR) is 99.8 cm³/mol. The minimum Gasteiger partial charge on any atom is -0.454 e. The van der Waals surface area contributed by atoms with Crippen molar-refractivity contribution in [1.29, 1.82) is 0 Å². The highest BCUT2D eigenvalue weighted by Gasteiger charge is 2.09. The number of para-hydroxylation sites is 2. The van der Waals surface area contributed by atoms with Crippen LogP contribution in [-0.4, -0.2) is 6.79 Å². The maximum Gasteiger partial charge on any atom is 0.231 e. The van der Waals surface area contributed by atoms with Crippen molar-refractivity contribution in [3.63, 3.8) is 0 Å². The average molecular weight is 306 g/mol. The van der Waals surface area contributed by atoms with Crippen molar-refractivity contribution in [2.24, 2.45) is 0 Å². The minimum atomic E-state index is 0. The zero-order chi connectivity index (χ0) is 16.3. The molecule has 0 aliphatic carbocycles. The summed E-state index contributed by atoms with van der Waals surface area (Å²) in [5.74, 6) is 1.69. The van der Waals surface area contributed by atoms with E-state index in [1.165, 1.54) is 0 Å². The SMILES string of the molecule is C.CC.CC.CC.c1ccc2c(c1)OCO2.c1ccccc1. The van der Waals surface area contributed by atoms with Crippen LogP contribution in [0.2, 0.25) is 0 Å². The van der Waals surface area contributed by atoms with Gasteiger partial charge in [-0.05, 0) is 12.1 Å². The molecule has 3 rings (SSSR count). The van der Waals surface area contributed by atoms with Crippen LogP contribution >= 0.6 is 0 Å². The van der Waals surface area contributed by atoms with Crippen LogP contribution in [-0.2, 0) is 0 Å². The van der Waals surface area contributed by atoms with Crippen LogP contribution in [0, 0.1) is 0 Å². The number of fused-ring (bicyclic) bond motifs is 1.